The Morgan fingerprint density at radius 1 is 1.00 bits per heavy atom. The topological polar surface area (TPSA) is 78.9 Å². The monoisotopic (exact) mass is 421 g/mol. The van der Waals surface area contributed by atoms with Gasteiger partial charge in [0.25, 0.3) is 5.91 Å². The summed E-state index contributed by atoms with van der Waals surface area (Å²) in [7, 11) is 0. The summed E-state index contributed by atoms with van der Waals surface area (Å²) in [5.74, 6) is 2.23. The molecule has 0 radical (unpaired) electrons. The van der Waals surface area contributed by atoms with Crippen molar-refractivity contribution in [2.24, 2.45) is 0 Å². The van der Waals surface area contributed by atoms with E-state index in [-0.39, 0.29) is 5.91 Å². The number of carbonyl (C=O) groups excluding carboxylic acids is 2. The van der Waals surface area contributed by atoms with Crippen molar-refractivity contribution < 1.29 is 14.3 Å². The molecule has 0 spiro atoms. The van der Waals surface area contributed by atoms with Crippen LogP contribution in [-0.2, 0) is 4.74 Å². The quantitative estimate of drug-likeness (QED) is 0.755. The van der Waals surface area contributed by atoms with Crippen LogP contribution >= 0.6 is 0 Å². The summed E-state index contributed by atoms with van der Waals surface area (Å²) in [6, 6.07) is 4.05. The summed E-state index contributed by atoms with van der Waals surface area (Å²) in [6.07, 6.45) is 5.76. The van der Waals surface area contributed by atoms with Crippen molar-refractivity contribution in [2.45, 2.75) is 32.6 Å². The molecule has 162 valence electrons. The molecule has 4 heterocycles. The maximum absolute atomic E-state index is 13.1. The molecule has 0 unspecified atom stereocenters. The highest BCUT2D eigenvalue weighted by atomic mass is 16.6. The Labute approximate surface area is 181 Å². The molecule has 2 amide bonds. The van der Waals surface area contributed by atoms with E-state index < -0.39 is 6.09 Å². The zero-order valence-electron chi connectivity index (χ0n) is 18.0. The molecule has 0 aromatic carbocycles. The maximum atomic E-state index is 13.1. The number of hydrogen-bond donors (Lipinski definition) is 0. The average Bonchev–Trinajstić information content (AvgIpc) is 3.54. The summed E-state index contributed by atoms with van der Waals surface area (Å²) < 4.78 is 4.97. The van der Waals surface area contributed by atoms with E-state index >= 15 is 0 Å². The highest BCUT2D eigenvalue weighted by molar-refractivity contribution is 5.96. The Hall–Kier alpha value is -3.16. The average molecular weight is 422 g/mol. The van der Waals surface area contributed by atoms with Crippen molar-refractivity contribution in [3.63, 3.8) is 0 Å². The number of anilines is 2. The molecule has 2 aliphatic heterocycles. The minimum Gasteiger partial charge on any atom is -0.447 e. The number of carbonyl (C=O) groups is 2. The number of cyclic esters (lactones) is 1. The minimum absolute atomic E-state index is 0.0195. The third kappa shape index (κ3) is 3.82. The van der Waals surface area contributed by atoms with Crippen molar-refractivity contribution in [1.29, 1.82) is 0 Å². The number of aryl methyl sites for hydroxylation is 2. The standard InChI is InChI=1S/C23H27N5O3/c1-15-12-20(28-9-10-31-23(28)30)24-14-19(15)22(29)27-7-5-26(6-8-27)21-16(2)11-18(13-25-21)17-3-4-17/h11-14,17H,3-10H2,1-2H3. The molecule has 2 aromatic heterocycles. The van der Waals surface area contributed by atoms with Gasteiger partial charge in [-0.1, -0.05) is 6.07 Å². The predicted molar refractivity (Wildman–Crippen MR) is 117 cm³/mol. The molecule has 3 fully saturated rings. The molecule has 3 aliphatic rings. The number of amides is 2. The first-order valence-electron chi connectivity index (χ1n) is 10.9. The Morgan fingerprint density at radius 2 is 1.77 bits per heavy atom. The Kier molecular flexibility index (Phi) is 5.00. The number of piperazine rings is 1. The van der Waals surface area contributed by atoms with Gasteiger partial charge in [0, 0.05) is 38.6 Å². The van der Waals surface area contributed by atoms with E-state index in [0.717, 1.165) is 24.5 Å². The molecular formula is C23H27N5O3. The van der Waals surface area contributed by atoms with Gasteiger partial charge in [-0.2, -0.15) is 0 Å². The third-order valence-corrected chi connectivity index (χ3v) is 6.35. The number of ether oxygens (including phenoxy) is 1. The fraction of sp³-hybridized carbons (Fsp3) is 0.478. The first-order valence-corrected chi connectivity index (χ1v) is 10.9. The van der Waals surface area contributed by atoms with E-state index in [1.807, 2.05) is 18.0 Å². The lowest BCUT2D eigenvalue weighted by Crippen LogP contribution is -2.49. The van der Waals surface area contributed by atoms with E-state index in [1.165, 1.54) is 28.9 Å². The molecule has 1 saturated carbocycles. The number of hydrogen-bond acceptors (Lipinski definition) is 6. The summed E-state index contributed by atoms with van der Waals surface area (Å²) in [6.45, 7) is 7.65. The molecule has 0 atom stereocenters. The van der Waals surface area contributed by atoms with Crippen LogP contribution in [0.25, 0.3) is 0 Å². The van der Waals surface area contributed by atoms with Crippen LogP contribution in [-0.4, -0.2) is 66.2 Å². The largest absolute Gasteiger partial charge is 0.447 e. The summed E-state index contributed by atoms with van der Waals surface area (Å²) in [5, 5.41) is 0. The van der Waals surface area contributed by atoms with Crippen LogP contribution in [0.3, 0.4) is 0 Å². The zero-order valence-corrected chi connectivity index (χ0v) is 18.0. The van der Waals surface area contributed by atoms with Gasteiger partial charge < -0.3 is 14.5 Å². The van der Waals surface area contributed by atoms with Crippen LogP contribution in [0.2, 0.25) is 0 Å². The van der Waals surface area contributed by atoms with E-state index in [2.05, 4.69) is 22.9 Å². The second-order valence-electron chi connectivity index (χ2n) is 8.59. The van der Waals surface area contributed by atoms with Gasteiger partial charge in [-0.3, -0.25) is 9.69 Å². The molecule has 8 nitrogen and oxygen atoms in total. The lowest BCUT2D eigenvalue weighted by molar-refractivity contribution is 0.0745. The van der Waals surface area contributed by atoms with E-state index in [4.69, 9.17) is 9.72 Å². The van der Waals surface area contributed by atoms with Gasteiger partial charge in [-0.05, 0) is 55.4 Å². The Bertz CT molecular complexity index is 1030. The van der Waals surface area contributed by atoms with Crippen molar-refractivity contribution in [3.8, 4) is 0 Å². The molecule has 31 heavy (non-hydrogen) atoms. The fourth-order valence-corrected chi connectivity index (χ4v) is 4.37. The van der Waals surface area contributed by atoms with Crippen molar-refractivity contribution >= 4 is 23.6 Å². The van der Waals surface area contributed by atoms with Gasteiger partial charge in [0.2, 0.25) is 0 Å². The van der Waals surface area contributed by atoms with Crippen molar-refractivity contribution in [1.82, 2.24) is 14.9 Å². The van der Waals surface area contributed by atoms with Gasteiger partial charge in [0.1, 0.15) is 18.2 Å². The molecule has 5 rings (SSSR count). The van der Waals surface area contributed by atoms with Crippen molar-refractivity contribution in [3.05, 3.63) is 46.8 Å². The molecule has 2 saturated heterocycles. The van der Waals surface area contributed by atoms with Gasteiger partial charge in [-0.25, -0.2) is 14.8 Å². The van der Waals surface area contributed by atoms with Crippen LogP contribution in [0.1, 0.15) is 45.8 Å². The number of pyridine rings is 2. The number of aromatic nitrogens is 2. The first kappa shape index (κ1) is 19.8. The van der Waals surface area contributed by atoms with Crippen LogP contribution < -0.4 is 9.80 Å². The molecule has 0 bridgehead atoms. The zero-order chi connectivity index (χ0) is 21.5. The number of rotatable bonds is 4. The minimum atomic E-state index is -0.392. The van der Waals surface area contributed by atoms with E-state index in [1.54, 1.807) is 12.3 Å². The van der Waals surface area contributed by atoms with Crippen LogP contribution in [0, 0.1) is 13.8 Å². The van der Waals surface area contributed by atoms with Gasteiger partial charge in [0.05, 0.1) is 12.1 Å². The third-order valence-electron chi connectivity index (χ3n) is 6.35. The second kappa shape index (κ2) is 7.83. The highest BCUT2D eigenvalue weighted by Gasteiger charge is 2.29. The van der Waals surface area contributed by atoms with Crippen LogP contribution in [0.4, 0.5) is 16.4 Å². The Balaban J connectivity index is 1.24. The second-order valence-corrected chi connectivity index (χ2v) is 8.59. The lowest BCUT2D eigenvalue weighted by atomic mass is 10.1. The summed E-state index contributed by atoms with van der Waals surface area (Å²) in [4.78, 5) is 39.6. The highest BCUT2D eigenvalue weighted by Crippen LogP contribution is 2.40. The first-order chi connectivity index (χ1) is 15.0. The van der Waals surface area contributed by atoms with Crippen LogP contribution in [0.15, 0.2) is 24.5 Å². The van der Waals surface area contributed by atoms with Gasteiger partial charge >= 0.3 is 6.09 Å². The summed E-state index contributed by atoms with van der Waals surface area (Å²) in [5.41, 5.74) is 3.95. The van der Waals surface area contributed by atoms with Gasteiger partial charge in [-0.15, -0.1) is 0 Å². The summed E-state index contributed by atoms with van der Waals surface area (Å²) >= 11 is 0. The Morgan fingerprint density at radius 3 is 2.39 bits per heavy atom. The van der Waals surface area contributed by atoms with E-state index in [9.17, 15) is 9.59 Å². The predicted octanol–water partition coefficient (Wildman–Crippen LogP) is 2.89. The smallest absolute Gasteiger partial charge is 0.415 e. The van der Waals surface area contributed by atoms with Crippen LogP contribution in [0.5, 0.6) is 0 Å². The SMILES string of the molecule is Cc1cc(N2CCOC2=O)ncc1C(=O)N1CCN(c2ncc(C3CC3)cc2C)CC1. The van der Waals surface area contributed by atoms with Gasteiger partial charge in [0.15, 0.2) is 0 Å². The molecule has 1 aliphatic carbocycles. The molecular weight excluding hydrogens is 394 g/mol. The fourth-order valence-electron chi connectivity index (χ4n) is 4.37. The molecule has 2 aromatic rings. The molecule has 0 N–H and O–H groups in total. The van der Waals surface area contributed by atoms with E-state index in [0.29, 0.717) is 43.5 Å². The number of nitrogens with zero attached hydrogens (tertiary/aromatic N) is 5. The normalized spacial score (nSPS) is 19.0. The lowest BCUT2D eigenvalue weighted by Gasteiger charge is -2.36. The maximum Gasteiger partial charge on any atom is 0.415 e. The van der Waals surface area contributed by atoms with Crippen molar-refractivity contribution in [2.75, 3.05) is 49.1 Å². The molecule has 8 heteroatoms.